The van der Waals surface area contributed by atoms with Gasteiger partial charge in [-0.1, -0.05) is 0 Å². The minimum atomic E-state index is -3.88. The van der Waals surface area contributed by atoms with Crippen LogP contribution in [0, 0.1) is 0 Å². The first-order valence-corrected chi connectivity index (χ1v) is 10.4. The van der Waals surface area contributed by atoms with Gasteiger partial charge < -0.3 is 4.90 Å². The van der Waals surface area contributed by atoms with Crippen molar-refractivity contribution in [2.75, 3.05) is 33.7 Å². The number of benzene rings is 1. The van der Waals surface area contributed by atoms with Crippen molar-refractivity contribution in [3.63, 3.8) is 0 Å². The highest BCUT2D eigenvalue weighted by Gasteiger charge is 2.27. The molecule has 0 unspecified atom stereocenters. The lowest BCUT2D eigenvalue weighted by atomic mass is 10.4. The summed E-state index contributed by atoms with van der Waals surface area (Å²) in [6.07, 6.45) is 1.66. The Kier molecular flexibility index (Phi) is 5.63. The average Bonchev–Trinajstić information content (AvgIpc) is 3.08. The van der Waals surface area contributed by atoms with Crippen LogP contribution in [0.5, 0.6) is 0 Å². The maximum absolute atomic E-state index is 12.4. The van der Waals surface area contributed by atoms with E-state index in [0.29, 0.717) is 13.1 Å². The number of rotatable bonds is 6. The third-order valence-corrected chi connectivity index (χ3v) is 7.08. The van der Waals surface area contributed by atoms with Gasteiger partial charge in [0.15, 0.2) is 0 Å². The number of carbonyl (C=O) groups excluding carboxylic acids is 1. The minimum Gasteiger partial charge on any atom is -0.348 e. The van der Waals surface area contributed by atoms with Crippen molar-refractivity contribution >= 4 is 26.0 Å². The maximum atomic E-state index is 12.4. The van der Waals surface area contributed by atoms with Gasteiger partial charge in [-0.15, -0.1) is 0 Å². The van der Waals surface area contributed by atoms with Crippen LogP contribution in [0.3, 0.4) is 0 Å². The summed E-state index contributed by atoms with van der Waals surface area (Å²) in [7, 11) is -4.41. The van der Waals surface area contributed by atoms with Crippen LogP contribution in [-0.4, -0.2) is 65.7 Å². The smallest absolute Gasteiger partial charge is 0.243 e. The van der Waals surface area contributed by atoms with E-state index in [-0.39, 0.29) is 22.2 Å². The van der Waals surface area contributed by atoms with Gasteiger partial charge in [-0.25, -0.2) is 21.6 Å². The van der Waals surface area contributed by atoms with Gasteiger partial charge in [-0.05, 0) is 37.1 Å². The van der Waals surface area contributed by atoms with Crippen LogP contribution < -0.4 is 4.72 Å². The molecular weight excluding hydrogens is 354 g/mol. The van der Waals surface area contributed by atoms with Gasteiger partial charge in [0.25, 0.3) is 0 Å². The summed E-state index contributed by atoms with van der Waals surface area (Å²) in [5.41, 5.74) is 0. The number of nitrogens with zero attached hydrogens (tertiary/aromatic N) is 2. The van der Waals surface area contributed by atoms with Gasteiger partial charge in [0, 0.05) is 27.2 Å². The number of likely N-dealkylation sites (N-methyl/N-ethyl adjacent to an activating group) is 1. The molecule has 1 heterocycles. The van der Waals surface area contributed by atoms with Crippen molar-refractivity contribution in [2.24, 2.45) is 0 Å². The van der Waals surface area contributed by atoms with Crippen LogP contribution in [0.1, 0.15) is 12.8 Å². The molecule has 1 aromatic carbocycles. The van der Waals surface area contributed by atoms with E-state index in [2.05, 4.69) is 4.72 Å². The zero-order valence-corrected chi connectivity index (χ0v) is 15.2. The standard InChI is InChI=1S/C14H21N3O5S2/c1-16(2)14(18)11-15-23(19,20)12-5-7-13(8-6-12)24(21,22)17-9-3-4-10-17/h5-8,15H,3-4,9-11H2,1-2H3. The van der Waals surface area contributed by atoms with Gasteiger partial charge >= 0.3 is 0 Å². The Morgan fingerprint density at radius 1 is 1.04 bits per heavy atom. The van der Waals surface area contributed by atoms with Gasteiger partial charge in [0.2, 0.25) is 26.0 Å². The van der Waals surface area contributed by atoms with Gasteiger partial charge in [-0.2, -0.15) is 4.31 Å². The molecule has 0 spiro atoms. The SMILES string of the molecule is CN(C)C(=O)CNS(=O)(=O)c1ccc(S(=O)(=O)N2CCCC2)cc1. The van der Waals surface area contributed by atoms with E-state index >= 15 is 0 Å². The summed E-state index contributed by atoms with van der Waals surface area (Å²) in [5, 5.41) is 0. The largest absolute Gasteiger partial charge is 0.348 e. The molecule has 0 aliphatic carbocycles. The number of amides is 1. The van der Waals surface area contributed by atoms with Gasteiger partial charge in [-0.3, -0.25) is 4.79 Å². The molecule has 1 aromatic rings. The Bertz CT molecular complexity index is 795. The summed E-state index contributed by atoms with van der Waals surface area (Å²) in [4.78, 5) is 12.7. The van der Waals surface area contributed by atoms with Crippen LogP contribution in [-0.2, 0) is 24.8 Å². The molecule has 2 rings (SSSR count). The maximum Gasteiger partial charge on any atom is 0.243 e. The molecule has 134 valence electrons. The third kappa shape index (κ3) is 4.12. The summed E-state index contributed by atoms with van der Waals surface area (Å²) < 4.78 is 52.6. The number of carbonyl (C=O) groups is 1. The molecule has 1 N–H and O–H groups in total. The number of nitrogens with one attached hydrogen (secondary N) is 1. The van der Waals surface area contributed by atoms with Crippen molar-refractivity contribution in [3.05, 3.63) is 24.3 Å². The Labute approximate surface area is 142 Å². The monoisotopic (exact) mass is 375 g/mol. The average molecular weight is 375 g/mol. The molecule has 0 bridgehead atoms. The molecule has 10 heteroatoms. The van der Waals surface area contributed by atoms with E-state index in [0.717, 1.165) is 12.8 Å². The Balaban J connectivity index is 2.15. The molecule has 1 aliphatic rings. The van der Waals surface area contributed by atoms with Crippen LogP contribution in [0.25, 0.3) is 0 Å². The van der Waals surface area contributed by atoms with Crippen molar-refractivity contribution in [1.82, 2.24) is 13.9 Å². The molecule has 0 aromatic heterocycles. The van der Waals surface area contributed by atoms with Crippen molar-refractivity contribution in [1.29, 1.82) is 0 Å². The van der Waals surface area contributed by atoms with E-state index in [9.17, 15) is 21.6 Å². The quantitative estimate of drug-likeness (QED) is 0.744. The zero-order valence-electron chi connectivity index (χ0n) is 13.6. The summed E-state index contributed by atoms with van der Waals surface area (Å²) in [6.45, 7) is 0.607. The Hall–Kier alpha value is -1.49. The number of sulfonamides is 2. The predicted molar refractivity (Wildman–Crippen MR) is 88.3 cm³/mol. The van der Waals surface area contributed by atoms with Crippen molar-refractivity contribution < 1.29 is 21.6 Å². The third-order valence-electron chi connectivity index (χ3n) is 3.75. The molecule has 1 amide bonds. The lowest BCUT2D eigenvalue weighted by Crippen LogP contribution is -2.36. The van der Waals surface area contributed by atoms with E-state index in [1.165, 1.54) is 47.6 Å². The molecule has 8 nitrogen and oxygen atoms in total. The van der Waals surface area contributed by atoms with Gasteiger partial charge in [0.1, 0.15) is 0 Å². The fourth-order valence-electron chi connectivity index (χ4n) is 2.27. The van der Waals surface area contributed by atoms with Crippen molar-refractivity contribution in [3.8, 4) is 0 Å². The van der Waals surface area contributed by atoms with Crippen LogP contribution in [0.4, 0.5) is 0 Å². The highest BCUT2D eigenvalue weighted by molar-refractivity contribution is 7.89. The molecule has 1 saturated heterocycles. The second-order valence-corrected chi connectivity index (χ2v) is 9.40. The van der Waals surface area contributed by atoms with Gasteiger partial charge in [0.05, 0.1) is 16.3 Å². The first-order chi connectivity index (χ1) is 11.1. The van der Waals surface area contributed by atoms with E-state index in [4.69, 9.17) is 0 Å². The predicted octanol–water partition coefficient (Wildman–Crippen LogP) is -0.162. The Morgan fingerprint density at radius 2 is 1.54 bits per heavy atom. The van der Waals surface area contributed by atoms with Crippen molar-refractivity contribution in [2.45, 2.75) is 22.6 Å². The first kappa shape index (κ1) is 18.8. The highest BCUT2D eigenvalue weighted by Crippen LogP contribution is 2.22. The summed E-state index contributed by atoms with van der Waals surface area (Å²) in [5.74, 6) is -0.383. The molecule has 0 atom stereocenters. The van der Waals surface area contributed by atoms with Crippen LogP contribution >= 0.6 is 0 Å². The molecular formula is C14H21N3O5S2. The zero-order chi connectivity index (χ0) is 18.0. The fraction of sp³-hybridized carbons (Fsp3) is 0.500. The number of hydrogen-bond acceptors (Lipinski definition) is 5. The molecule has 1 fully saturated rings. The highest BCUT2D eigenvalue weighted by atomic mass is 32.2. The van der Waals surface area contributed by atoms with E-state index in [1.54, 1.807) is 0 Å². The summed E-state index contributed by atoms with van der Waals surface area (Å²) >= 11 is 0. The molecule has 0 radical (unpaired) electrons. The normalized spacial score (nSPS) is 16.2. The topological polar surface area (TPSA) is 104 Å². The Morgan fingerprint density at radius 3 is 2.04 bits per heavy atom. The lowest BCUT2D eigenvalue weighted by Gasteiger charge is -2.16. The molecule has 24 heavy (non-hydrogen) atoms. The molecule has 0 saturated carbocycles. The van der Waals surface area contributed by atoms with Crippen LogP contribution in [0.15, 0.2) is 34.1 Å². The molecule has 1 aliphatic heterocycles. The van der Waals surface area contributed by atoms with E-state index in [1.807, 2.05) is 0 Å². The van der Waals surface area contributed by atoms with Crippen LogP contribution in [0.2, 0.25) is 0 Å². The van der Waals surface area contributed by atoms with E-state index < -0.39 is 20.0 Å². The number of hydrogen-bond donors (Lipinski definition) is 1. The summed E-state index contributed by atoms with van der Waals surface area (Å²) in [6, 6.07) is 5.00. The second kappa shape index (κ2) is 7.18. The fourth-order valence-corrected chi connectivity index (χ4v) is 4.76. The first-order valence-electron chi connectivity index (χ1n) is 7.44. The second-order valence-electron chi connectivity index (χ2n) is 5.70. The lowest BCUT2D eigenvalue weighted by molar-refractivity contribution is -0.127. The minimum absolute atomic E-state index is 0.0627.